The summed E-state index contributed by atoms with van der Waals surface area (Å²) in [5.74, 6) is 0.483. The largest absolute Gasteiger partial charge is 0.493 e. The number of rotatable bonds is 1. The Morgan fingerprint density at radius 3 is 2.73 bits per heavy atom. The summed E-state index contributed by atoms with van der Waals surface area (Å²) in [5, 5.41) is 0. The molecule has 2 heterocycles. The van der Waals surface area contributed by atoms with Crippen LogP contribution in [-0.2, 0) is 15.9 Å². The molecule has 80 valence electrons. The highest BCUT2D eigenvalue weighted by molar-refractivity contribution is 5.44. The molecule has 0 saturated carbocycles. The Balaban J connectivity index is 2.08. The molecule has 2 aliphatic rings. The van der Waals surface area contributed by atoms with Crippen LogP contribution in [0.5, 0.6) is 5.75 Å². The number of halogens is 1. The molecular formula is C11H11FO3. The molecule has 0 aromatic heterocycles. The molecule has 3 nitrogen and oxygen atoms in total. The molecule has 0 spiro atoms. The standard InChI is InChI=1S/C11H11FO3/c12-8-1-2-9-7(3-4-13-9)10(8)11-14-5-6-15-11/h1-2,11H,3-6H2. The molecule has 15 heavy (non-hydrogen) atoms. The Morgan fingerprint density at radius 2 is 1.93 bits per heavy atom. The van der Waals surface area contributed by atoms with Crippen molar-refractivity contribution in [2.45, 2.75) is 12.7 Å². The first kappa shape index (κ1) is 9.12. The second-order valence-electron chi connectivity index (χ2n) is 3.61. The van der Waals surface area contributed by atoms with Crippen molar-refractivity contribution in [2.24, 2.45) is 0 Å². The van der Waals surface area contributed by atoms with Crippen LogP contribution in [0.2, 0.25) is 0 Å². The van der Waals surface area contributed by atoms with E-state index in [4.69, 9.17) is 14.2 Å². The zero-order valence-corrected chi connectivity index (χ0v) is 8.16. The van der Waals surface area contributed by atoms with Gasteiger partial charge in [0, 0.05) is 12.0 Å². The van der Waals surface area contributed by atoms with Gasteiger partial charge in [-0.25, -0.2) is 4.39 Å². The number of hydrogen-bond donors (Lipinski definition) is 0. The summed E-state index contributed by atoms with van der Waals surface area (Å²) in [6.45, 7) is 1.65. The lowest BCUT2D eigenvalue weighted by atomic mass is 10.0. The zero-order valence-electron chi connectivity index (χ0n) is 8.16. The van der Waals surface area contributed by atoms with Crippen LogP contribution in [-0.4, -0.2) is 19.8 Å². The van der Waals surface area contributed by atoms with Crippen molar-refractivity contribution in [3.63, 3.8) is 0 Å². The monoisotopic (exact) mass is 210 g/mol. The van der Waals surface area contributed by atoms with Crippen LogP contribution in [0.15, 0.2) is 12.1 Å². The molecule has 3 rings (SSSR count). The minimum Gasteiger partial charge on any atom is -0.493 e. The van der Waals surface area contributed by atoms with Crippen molar-refractivity contribution < 1.29 is 18.6 Å². The van der Waals surface area contributed by atoms with Gasteiger partial charge < -0.3 is 14.2 Å². The fraction of sp³-hybridized carbons (Fsp3) is 0.455. The lowest BCUT2D eigenvalue weighted by Gasteiger charge is -2.13. The minimum absolute atomic E-state index is 0.272. The Morgan fingerprint density at radius 1 is 1.13 bits per heavy atom. The van der Waals surface area contributed by atoms with Crippen LogP contribution in [0.1, 0.15) is 17.4 Å². The number of hydrogen-bond acceptors (Lipinski definition) is 3. The highest BCUT2D eigenvalue weighted by Gasteiger charge is 2.28. The van der Waals surface area contributed by atoms with E-state index in [-0.39, 0.29) is 5.82 Å². The molecule has 1 aromatic rings. The van der Waals surface area contributed by atoms with E-state index in [2.05, 4.69) is 0 Å². The zero-order chi connectivity index (χ0) is 10.3. The average Bonchev–Trinajstić information content (AvgIpc) is 2.85. The second-order valence-corrected chi connectivity index (χ2v) is 3.61. The van der Waals surface area contributed by atoms with Gasteiger partial charge in [-0.2, -0.15) is 0 Å². The highest BCUT2D eigenvalue weighted by atomic mass is 19.1. The summed E-state index contributed by atoms with van der Waals surface area (Å²) in [5.41, 5.74) is 1.41. The SMILES string of the molecule is Fc1ccc2c(c1C1OCCO1)CCO2. The van der Waals surface area contributed by atoms with Crippen LogP contribution in [0.4, 0.5) is 4.39 Å². The fourth-order valence-corrected chi connectivity index (χ4v) is 2.05. The smallest absolute Gasteiger partial charge is 0.187 e. The summed E-state index contributed by atoms with van der Waals surface area (Å²) in [6, 6.07) is 3.07. The van der Waals surface area contributed by atoms with Crippen molar-refractivity contribution >= 4 is 0 Å². The van der Waals surface area contributed by atoms with Crippen LogP contribution in [0, 0.1) is 5.82 Å². The predicted octanol–water partition coefficient (Wildman–Crippen LogP) is 1.81. The Hall–Kier alpha value is -1.13. The van der Waals surface area contributed by atoms with E-state index in [1.165, 1.54) is 6.07 Å². The van der Waals surface area contributed by atoms with Gasteiger partial charge in [-0.15, -0.1) is 0 Å². The summed E-state index contributed by atoms with van der Waals surface area (Å²) in [4.78, 5) is 0. The topological polar surface area (TPSA) is 27.7 Å². The first-order chi connectivity index (χ1) is 7.36. The van der Waals surface area contributed by atoms with Gasteiger partial charge >= 0.3 is 0 Å². The minimum atomic E-state index is -0.554. The average molecular weight is 210 g/mol. The molecule has 0 bridgehead atoms. The third-order valence-electron chi connectivity index (χ3n) is 2.73. The van der Waals surface area contributed by atoms with E-state index in [1.807, 2.05) is 0 Å². The van der Waals surface area contributed by atoms with Crippen LogP contribution in [0.25, 0.3) is 0 Å². The maximum Gasteiger partial charge on any atom is 0.187 e. The molecule has 4 heteroatoms. The quantitative estimate of drug-likeness (QED) is 0.707. The fourth-order valence-electron chi connectivity index (χ4n) is 2.05. The number of benzene rings is 1. The third kappa shape index (κ3) is 1.41. The number of ether oxygens (including phenoxy) is 3. The molecule has 2 aliphatic heterocycles. The highest BCUT2D eigenvalue weighted by Crippen LogP contribution is 2.36. The summed E-state index contributed by atoms with van der Waals surface area (Å²) in [7, 11) is 0. The molecule has 1 aromatic carbocycles. The van der Waals surface area contributed by atoms with E-state index < -0.39 is 6.29 Å². The Bertz CT molecular complexity index is 386. The normalized spacial score (nSPS) is 20.3. The molecule has 0 aliphatic carbocycles. The Kier molecular flexibility index (Phi) is 2.11. The first-order valence-electron chi connectivity index (χ1n) is 5.03. The van der Waals surface area contributed by atoms with Crippen molar-refractivity contribution in [3.8, 4) is 5.75 Å². The van der Waals surface area contributed by atoms with E-state index in [0.29, 0.717) is 25.4 Å². The van der Waals surface area contributed by atoms with Crippen LogP contribution in [0.3, 0.4) is 0 Å². The molecule has 0 unspecified atom stereocenters. The molecular weight excluding hydrogens is 199 g/mol. The van der Waals surface area contributed by atoms with Gasteiger partial charge in [-0.1, -0.05) is 0 Å². The molecule has 1 fully saturated rings. The van der Waals surface area contributed by atoms with Gasteiger partial charge in [0.2, 0.25) is 0 Å². The lowest BCUT2D eigenvalue weighted by Crippen LogP contribution is -2.05. The molecule has 0 N–H and O–H groups in total. The first-order valence-corrected chi connectivity index (χ1v) is 5.03. The molecule has 0 atom stereocenters. The van der Waals surface area contributed by atoms with Gasteiger partial charge in [-0.3, -0.25) is 0 Å². The third-order valence-corrected chi connectivity index (χ3v) is 2.73. The predicted molar refractivity (Wildman–Crippen MR) is 50.2 cm³/mol. The van der Waals surface area contributed by atoms with Gasteiger partial charge in [0.1, 0.15) is 11.6 Å². The molecule has 0 radical (unpaired) electrons. The lowest BCUT2D eigenvalue weighted by molar-refractivity contribution is -0.0470. The van der Waals surface area contributed by atoms with E-state index >= 15 is 0 Å². The van der Waals surface area contributed by atoms with Crippen molar-refractivity contribution in [1.82, 2.24) is 0 Å². The van der Waals surface area contributed by atoms with Gasteiger partial charge in [-0.05, 0) is 12.1 Å². The second kappa shape index (κ2) is 3.47. The summed E-state index contributed by atoms with van der Waals surface area (Å²) in [6.07, 6.45) is 0.174. The van der Waals surface area contributed by atoms with Crippen molar-refractivity contribution in [3.05, 3.63) is 29.1 Å². The van der Waals surface area contributed by atoms with E-state index in [9.17, 15) is 4.39 Å². The van der Waals surface area contributed by atoms with Crippen LogP contribution >= 0.6 is 0 Å². The summed E-state index contributed by atoms with van der Waals surface area (Å²) < 4.78 is 29.7. The maximum absolute atomic E-state index is 13.7. The molecule has 0 amide bonds. The van der Waals surface area contributed by atoms with Gasteiger partial charge in [0.05, 0.1) is 25.4 Å². The van der Waals surface area contributed by atoms with E-state index in [0.717, 1.165) is 17.7 Å². The maximum atomic E-state index is 13.7. The van der Waals surface area contributed by atoms with Crippen LogP contribution < -0.4 is 4.74 Å². The van der Waals surface area contributed by atoms with Crippen molar-refractivity contribution in [2.75, 3.05) is 19.8 Å². The Labute approximate surface area is 86.8 Å². The number of fused-ring (bicyclic) bond motifs is 1. The van der Waals surface area contributed by atoms with E-state index in [1.54, 1.807) is 6.07 Å². The van der Waals surface area contributed by atoms with Gasteiger partial charge in [0.15, 0.2) is 6.29 Å². The molecule has 1 saturated heterocycles. The van der Waals surface area contributed by atoms with Crippen molar-refractivity contribution in [1.29, 1.82) is 0 Å². The van der Waals surface area contributed by atoms with Gasteiger partial charge in [0.25, 0.3) is 0 Å². The summed E-state index contributed by atoms with van der Waals surface area (Å²) >= 11 is 0.